The SMILES string of the molecule is COC(=O)c1ccc(NC(=O)c2c(C)c(-c3ccccc3)nc3ccccc23)cc1. The first-order chi connectivity index (χ1) is 14.6. The molecule has 1 heterocycles. The highest BCUT2D eigenvalue weighted by molar-refractivity contribution is 6.14. The molecule has 0 unspecified atom stereocenters. The average Bonchev–Trinajstić information content (AvgIpc) is 2.79. The van der Waals surface area contributed by atoms with Crippen molar-refractivity contribution in [3.8, 4) is 11.3 Å². The smallest absolute Gasteiger partial charge is 0.337 e. The van der Waals surface area contributed by atoms with Gasteiger partial charge in [-0.15, -0.1) is 0 Å². The van der Waals surface area contributed by atoms with E-state index >= 15 is 0 Å². The number of amides is 1. The van der Waals surface area contributed by atoms with Gasteiger partial charge in [-0.05, 0) is 42.8 Å². The minimum absolute atomic E-state index is 0.228. The van der Waals surface area contributed by atoms with Crippen molar-refractivity contribution >= 4 is 28.5 Å². The number of rotatable bonds is 4. The second kappa shape index (κ2) is 8.17. The van der Waals surface area contributed by atoms with E-state index in [1.165, 1.54) is 7.11 Å². The first-order valence-electron chi connectivity index (χ1n) is 9.53. The van der Waals surface area contributed by atoms with E-state index in [0.717, 1.165) is 27.7 Å². The molecule has 0 spiro atoms. The Kier molecular flexibility index (Phi) is 5.26. The summed E-state index contributed by atoms with van der Waals surface area (Å²) in [6.45, 7) is 1.91. The molecular formula is C25H20N2O3. The van der Waals surface area contributed by atoms with Crippen LogP contribution >= 0.6 is 0 Å². The summed E-state index contributed by atoms with van der Waals surface area (Å²) in [7, 11) is 1.33. The Hall–Kier alpha value is -3.99. The number of carbonyl (C=O) groups is 2. The molecule has 1 amide bonds. The largest absolute Gasteiger partial charge is 0.465 e. The lowest BCUT2D eigenvalue weighted by Crippen LogP contribution is -2.15. The Morgan fingerprint density at radius 2 is 1.53 bits per heavy atom. The minimum Gasteiger partial charge on any atom is -0.465 e. The fraction of sp³-hybridized carbons (Fsp3) is 0.0800. The molecule has 0 bridgehead atoms. The van der Waals surface area contributed by atoms with Crippen LogP contribution in [0.1, 0.15) is 26.3 Å². The summed E-state index contributed by atoms with van der Waals surface area (Å²) in [5, 5.41) is 3.73. The number of esters is 1. The number of hydrogen-bond acceptors (Lipinski definition) is 4. The average molecular weight is 396 g/mol. The molecule has 0 aliphatic rings. The van der Waals surface area contributed by atoms with Crippen molar-refractivity contribution in [2.75, 3.05) is 12.4 Å². The maximum Gasteiger partial charge on any atom is 0.337 e. The standard InChI is InChI=1S/C25H20N2O3/c1-16-22(24(28)26-19-14-12-18(13-15-19)25(29)30-2)20-10-6-7-11-21(20)27-23(16)17-8-4-3-5-9-17/h3-15H,1-2H3,(H,26,28). The lowest BCUT2D eigenvalue weighted by molar-refractivity contribution is 0.0600. The number of ether oxygens (including phenoxy) is 1. The maximum atomic E-state index is 13.3. The van der Waals surface area contributed by atoms with Crippen molar-refractivity contribution < 1.29 is 14.3 Å². The quantitative estimate of drug-likeness (QED) is 0.479. The van der Waals surface area contributed by atoms with Gasteiger partial charge in [0.25, 0.3) is 5.91 Å². The molecule has 0 saturated carbocycles. The number of benzene rings is 3. The first kappa shape index (κ1) is 19.3. The molecule has 4 rings (SSSR count). The zero-order chi connectivity index (χ0) is 21.1. The van der Waals surface area contributed by atoms with Gasteiger partial charge in [0.15, 0.2) is 0 Å². The normalized spacial score (nSPS) is 10.6. The van der Waals surface area contributed by atoms with Gasteiger partial charge < -0.3 is 10.1 Å². The van der Waals surface area contributed by atoms with E-state index in [1.54, 1.807) is 24.3 Å². The molecule has 148 valence electrons. The lowest BCUT2D eigenvalue weighted by Gasteiger charge is -2.15. The number of nitrogens with zero attached hydrogens (tertiary/aromatic N) is 1. The molecular weight excluding hydrogens is 376 g/mol. The third-order valence-electron chi connectivity index (χ3n) is 4.97. The van der Waals surface area contributed by atoms with Gasteiger partial charge in [-0.2, -0.15) is 0 Å². The highest BCUT2D eigenvalue weighted by Crippen LogP contribution is 2.30. The van der Waals surface area contributed by atoms with Crippen molar-refractivity contribution in [2.45, 2.75) is 6.92 Å². The van der Waals surface area contributed by atoms with Crippen molar-refractivity contribution in [2.24, 2.45) is 0 Å². The lowest BCUT2D eigenvalue weighted by atomic mass is 9.97. The molecule has 0 fully saturated rings. The van der Waals surface area contributed by atoms with Gasteiger partial charge in [0, 0.05) is 16.6 Å². The zero-order valence-electron chi connectivity index (χ0n) is 16.7. The third-order valence-corrected chi connectivity index (χ3v) is 4.97. The number of fused-ring (bicyclic) bond motifs is 1. The van der Waals surface area contributed by atoms with E-state index in [0.29, 0.717) is 16.8 Å². The Morgan fingerprint density at radius 1 is 0.867 bits per heavy atom. The van der Waals surface area contributed by atoms with Crippen LogP contribution in [0.5, 0.6) is 0 Å². The van der Waals surface area contributed by atoms with E-state index in [9.17, 15) is 9.59 Å². The Labute approximate surface area is 174 Å². The Bertz CT molecular complexity index is 1230. The monoisotopic (exact) mass is 396 g/mol. The van der Waals surface area contributed by atoms with Crippen LogP contribution in [0.25, 0.3) is 22.2 Å². The van der Waals surface area contributed by atoms with Crippen molar-refractivity contribution in [3.63, 3.8) is 0 Å². The highest BCUT2D eigenvalue weighted by Gasteiger charge is 2.19. The maximum absolute atomic E-state index is 13.3. The molecule has 0 aliphatic heterocycles. The van der Waals surface area contributed by atoms with Gasteiger partial charge in [0.2, 0.25) is 0 Å². The number of hydrogen-bond donors (Lipinski definition) is 1. The molecule has 0 radical (unpaired) electrons. The van der Waals surface area contributed by atoms with Gasteiger partial charge in [-0.25, -0.2) is 9.78 Å². The number of methoxy groups -OCH3 is 1. The summed E-state index contributed by atoms with van der Waals surface area (Å²) in [6.07, 6.45) is 0. The van der Waals surface area contributed by atoms with E-state index in [-0.39, 0.29) is 5.91 Å². The number of anilines is 1. The predicted molar refractivity (Wildman–Crippen MR) is 118 cm³/mol. The van der Waals surface area contributed by atoms with Crippen LogP contribution in [-0.4, -0.2) is 24.0 Å². The Morgan fingerprint density at radius 3 is 2.23 bits per heavy atom. The van der Waals surface area contributed by atoms with Crippen LogP contribution in [0.2, 0.25) is 0 Å². The zero-order valence-corrected chi connectivity index (χ0v) is 16.7. The number of carbonyl (C=O) groups excluding carboxylic acids is 2. The van der Waals surface area contributed by atoms with Crippen molar-refractivity contribution in [1.29, 1.82) is 0 Å². The van der Waals surface area contributed by atoms with Gasteiger partial charge >= 0.3 is 5.97 Å². The van der Waals surface area contributed by atoms with Gasteiger partial charge in [-0.1, -0.05) is 48.5 Å². The topological polar surface area (TPSA) is 68.3 Å². The van der Waals surface area contributed by atoms with Gasteiger partial charge in [-0.3, -0.25) is 4.79 Å². The predicted octanol–water partition coefficient (Wildman–Crippen LogP) is 5.25. The number of aromatic nitrogens is 1. The van der Waals surface area contributed by atoms with Crippen LogP contribution in [0.15, 0.2) is 78.9 Å². The molecule has 5 nitrogen and oxygen atoms in total. The Balaban J connectivity index is 1.76. The second-order valence-corrected chi connectivity index (χ2v) is 6.87. The molecule has 1 aromatic heterocycles. The van der Waals surface area contributed by atoms with E-state index in [2.05, 4.69) is 5.32 Å². The molecule has 5 heteroatoms. The second-order valence-electron chi connectivity index (χ2n) is 6.87. The van der Waals surface area contributed by atoms with E-state index in [1.807, 2.05) is 61.5 Å². The number of para-hydroxylation sites is 1. The highest BCUT2D eigenvalue weighted by atomic mass is 16.5. The molecule has 4 aromatic rings. The summed E-state index contributed by atoms with van der Waals surface area (Å²) in [6, 6.07) is 24.0. The van der Waals surface area contributed by atoms with Crippen LogP contribution in [0, 0.1) is 6.92 Å². The van der Waals surface area contributed by atoms with Crippen LogP contribution < -0.4 is 5.32 Å². The van der Waals surface area contributed by atoms with Gasteiger partial charge in [0.1, 0.15) is 0 Å². The molecule has 3 aromatic carbocycles. The summed E-state index contributed by atoms with van der Waals surface area (Å²) in [5.41, 5.74) is 4.90. The van der Waals surface area contributed by atoms with Gasteiger partial charge in [0.05, 0.1) is 29.4 Å². The third kappa shape index (κ3) is 3.65. The number of pyridine rings is 1. The van der Waals surface area contributed by atoms with Crippen molar-refractivity contribution in [3.05, 3.63) is 95.6 Å². The molecule has 0 saturated heterocycles. The fourth-order valence-electron chi connectivity index (χ4n) is 3.48. The first-order valence-corrected chi connectivity index (χ1v) is 9.53. The number of nitrogens with one attached hydrogen (secondary N) is 1. The summed E-state index contributed by atoms with van der Waals surface area (Å²) >= 11 is 0. The summed E-state index contributed by atoms with van der Waals surface area (Å²) in [4.78, 5) is 29.7. The summed E-state index contributed by atoms with van der Waals surface area (Å²) < 4.78 is 4.71. The molecule has 1 N–H and O–H groups in total. The minimum atomic E-state index is -0.420. The molecule has 0 aliphatic carbocycles. The van der Waals surface area contributed by atoms with Crippen LogP contribution in [0.3, 0.4) is 0 Å². The fourth-order valence-corrected chi connectivity index (χ4v) is 3.48. The van der Waals surface area contributed by atoms with Crippen molar-refractivity contribution in [1.82, 2.24) is 4.98 Å². The van der Waals surface area contributed by atoms with E-state index < -0.39 is 5.97 Å². The molecule has 30 heavy (non-hydrogen) atoms. The molecule has 0 atom stereocenters. The van der Waals surface area contributed by atoms with E-state index in [4.69, 9.17) is 9.72 Å². The van der Waals surface area contributed by atoms with Crippen LogP contribution in [-0.2, 0) is 4.74 Å². The van der Waals surface area contributed by atoms with Crippen LogP contribution in [0.4, 0.5) is 5.69 Å². The summed E-state index contributed by atoms with van der Waals surface area (Å²) in [5.74, 6) is -0.648.